The molecule has 2 aliphatic rings. The lowest BCUT2D eigenvalue weighted by molar-refractivity contribution is -0.131. The molecule has 0 saturated carbocycles. The number of ether oxygens (including phenoxy) is 4. The molecular formula is C29H36N2O6. The van der Waals surface area contributed by atoms with Crippen molar-refractivity contribution in [3.63, 3.8) is 0 Å². The molecule has 8 nitrogen and oxygen atoms in total. The highest BCUT2D eigenvalue weighted by Gasteiger charge is 2.32. The number of carbonyl (C=O) groups is 2. The third kappa shape index (κ3) is 5.53. The van der Waals surface area contributed by atoms with Gasteiger partial charge < -0.3 is 28.7 Å². The van der Waals surface area contributed by atoms with Gasteiger partial charge in [0.15, 0.2) is 0 Å². The van der Waals surface area contributed by atoms with E-state index in [0.717, 1.165) is 46.8 Å². The van der Waals surface area contributed by atoms with Crippen LogP contribution < -0.4 is 19.1 Å². The number of cyclic esters (lactones) is 1. The number of allylic oxidation sites excluding steroid dienone is 2. The molecule has 0 aromatic heterocycles. The lowest BCUT2D eigenvalue weighted by atomic mass is 9.94. The molecule has 2 aromatic carbocycles. The van der Waals surface area contributed by atoms with E-state index in [1.807, 2.05) is 30.9 Å². The second-order valence-electron chi connectivity index (χ2n) is 9.42. The fourth-order valence-corrected chi connectivity index (χ4v) is 5.08. The zero-order valence-electron chi connectivity index (χ0n) is 22.4. The van der Waals surface area contributed by atoms with E-state index in [4.69, 9.17) is 18.9 Å². The first kappa shape index (κ1) is 26.4. The van der Waals surface area contributed by atoms with E-state index in [-0.39, 0.29) is 18.5 Å². The lowest BCUT2D eigenvalue weighted by Crippen LogP contribution is -2.48. The fraction of sp³-hybridized carbons (Fsp3) is 0.448. The van der Waals surface area contributed by atoms with Crippen LogP contribution in [0.2, 0.25) is 0 Å². The minimum absolute atomic E-state index is 0.174. The number of piperazine rings is 1. The van der Waals surface area contributed by atoms with Crippen molar-refractivity contribution in [3.05, 3.63) is 58.2 Å². The van der Waals surface area contributed by atoms with Gasteiger partial charge in [-0.1, -0.05) is 11.6 Å². The van der Waals surface area contributed by atoms with Crippen LogP contribution in [0.5, 0.6) is 17.2 Å². The van der Waals surface area contributed by atoms with Gasteiger partial charge in [-0.3, -0.25) is 4.79 Å². The van der Waals surface area contributed by atoms with Gasteiger partial charge in [-0.2, -0.15) is 0 Å². The van der Waals surface area contributed by atoms with Crippen LogP contribution in [0.15, 0.2) is 35.9 Å². The summed E-state index contributed by atoms with van der Waals surface area (Å²) in [6.07, 6.45) is 3.76. The number of carbonyl (C=O) groups excluding carboxylic acids is 2. The molecule has 4 rings (SSSR count). The highest BCUT2D eigenvalue weighted by molar-refractivity contribution is 5.98. The minimum atomic E-state index is -0.364. The molecule has 8 heteroatoms. The molecule has 1 amide bonds. The third-order valence-corrected chi connectivity index (χ3v) is 7.29. The van der Waals surface area contributed by atoms with Gasteiger partial charge in [0.2, 0.25) is 5.91 Å². The molecule has 0 radical (unpaired) electrons. The van der Waals surface area contributed by atoms with Gasteiger partial charge in [0.25, 0.3) is 0 Å². The van der Waals surface area contributed by atoms with E-state index in [9.17, 15) is 9.59 Å². The summed E-state index contributed by atoms with van der Waals surface area (Å²) >= 11 is 0. The molecule has 0 atom stereocenters. The van der Waals surface area contributed by atoms with Crippen LogP contribution >= 0.6 is 0 Å². The summed E-state index contributed by atoms with van der Waals surface area (Å²) in [5.41, 5.74) is 5.28. The van der Waals surface area contributed by atoms with Crippen LogP contribution in [0.25, 0.3) is 0 Å². The predicted octanol–water partition coefficient (Wildman–Crippen LogP) is 4.31. The molecule has 2 heterocycles. The number of benzene rings is 2. The lowest BCUT2D eigenvalue weighted by Gasteiger charge is -2.36. The van der Waals surface area contributed by atoms with Crippen LogP contribution in [0.4, 0.5) is 5.69 Å². The van der Waals surface area contributed by atoms with Gasteiger partial charge >= 0.3 is 5.97 Å². The van der Waals surface area contributed by atoms with Gasteiger partial charge in [-0.15, -0.1) is 0 Å². The zero-order chi connectivity index (χ0) is 26.5. The van der Waals surface area contributed by atoms with Crippen molar-refractivity contribution in [1.82, 2.24) is 4.90 Å². The molecule has 0 bridgehead atoms. The van der Waals surface area contributed by atoms with Crippen molar-refractivity contribution in [2.75, 3.05) is 52.4 Å². The summed E-state index contributed by atoms with van der Waals surface area (Å²) in [5, 5.41) is 0. The minimum Gasteiger partial charge on any atom is -0.497 e. The number of hydrogen-bond acceptors (Lipinski definition) is 7. The maximum Gasteiger partial charge on any atom is 0.342 e. The molecular weight excluding hydrogens is 472 g/mol. The Bertz CT molecular complexity index is 1180. The molecule has 37 heavy (non-hydrogen) atoms. The highest BCUT2D eigenvalue weighted by atomic mass is 16.5. The molecule has 2 aromatic rings. The Labute approximate surface area is 218 Å². The molecule has 198 valence electrons. The summed E-state index contributed by atoms with van der Waals surface area (Å²) in [4.78, 5) is 29.5. The number of esters is 1. The van der Waals surface area contributed by atoms with E-state index < -0.39 is 0 Å². The first-order valence-electron chi connectivity index (χ1n) is 12.6. The smallest absolute Gasteiger partial charge is 0.342 e. The maximum atomic E-state index is 12.9. The topological polar surface area (TPSA) is 77.5 Å². The van der Waals surface area contributed by atoms with Gasteiger partial charge in [0.1, 0.15) is 29.4 Å². The van der Waals surface area contributed by atoms with Crippen molar-refractivity contribution < 1.29 is 28.5 Å². The first-order valence-corrected chi connectivity index (χ1v) is 12.6. The molecule has 0 aliphatic carbocycles. The molecule has 2 aliphatic heterocycles. The average molecular weight is 509 g/mol. The Balaban J connectivity index is 1.34. The summed E-state index contributed by atoms with van der Waals surface area (Å²) in [6, 6.07) is 8.03. The Kier molecular flexibility index (Phi) is 8.26. The quantitative estimate of drug-likeness (QED) is 0.369. The van der Waals surface area contributed by atoms with Crippen LogP contribution in [-0.4, -0.2) is 64.3 Å². The van der Waals surface area contributed by atoms with Gasteiger partial charge in [-0.05, 0) is 56.5 Å². The zero-order valence-corrected chi connectivity index (χ0v) is 22.4. The summed E-state index contributed by atoms with van der Waals surface area (Å²) in [7, 11) is 4.84. The number of fused-ring (bicyclic) bond motifs is 1. The van der Waals surface area contributed by atoms with Crippen molar-refractivity contribution in [3.8, 4) is 17.2 Å². The van der Waals surface area contributed by atoms with Crippen molar-refractivity contribution in [1.29, 1.82) is 0 Å². The Morgan fingerprint density at radius 1 is 0.973 bits per heavy atom. The van der Waals surface area contributed by atoms with E-state index in [1.165, 1.54) is 0 Å². The van der Waals surface area contributed by atoms with Crippen molar-refractivity contribution in [2.24, 2.45) is 0 Å². The highest BCUT2D eigenvalue weighted by Crippen LogP contribution is 2.42. The number of methoxy groups -OCH3 is 3. The Morgan fingerprint density at radius 2 is 1.65 bits per heavy atom. The average Bonchev–Trinajstić information content (AvgIpc) is 3.32. The Hall–Kier alpha value is -3.68. The molecule has 0 N–H and O–H groups in total. The number of nitrogens with zero attached hydrogens (tertiary/aromatic N) is 2. The normalized spacial score (nSPS) is 15.4. The molecule has 0 unspecified atom stereocenters. The second-order valence-corrected chi connectivity index (χ2v) is 9.42. The summed E-state index contributed by atoms with van der Waals surface area (Å²) in [6.45, 7) is 7.26. The van der Waals surface area contributed by atoms with Crippen LogP contribution in [0, 0.1) is 6.92 Å². The SMILES string of the molecule is COc1ccc(N2CCN(C(=O)CCC(C)=CCc3c(OC)c(C)c4c(c3OC)C(=O)OC4)CC2)cc1. The van der Waals surface area contributed by atoms with Crippen molar-refractivity contribution >= 4 is 17.6 Å². The standard InChI is InChI=1S/C29H36N2O6/c1-19(6-12-23-27(35-4)20(2)24-18-37-29(33)26(24)28(23)36-5)7-13-25(32)31-16-14-30(15-17-31)21-8-10-22(34-3)11-9-21/h6,8-11H,7,12-18H2,1-5H3. The van der Waals surface area contributed by atoms with Crippen LogP contribution in [0.1, 0.15) is 46.8 Å². The summed E-state index contributed by atoms with van der Waals surface area (Å²) in [5.74, 6) is 1.87. The Morgan fingerprint density at radius 3 is 2.27 bits per heavy atom. The summed E-state index contributed by atoms with van der Waals surface area (Å²) < 4.78 is 21.8. The molecule has 1 saturated heterocycles. The van der Waals surface area contributed by atoms with E-state index >= 15 is 0 Å². The van der Waals surface area contributed by atoms with Gasteiger partial charge in [-0.25, -0.2) is 4.79 Å². The number of rotatable bonds is 9. The monoisotopic (exact) mass is 508 g/mol. The number of hydrogen-bond donors (Lipinski definition) is 0. The van der Waals surface area contributed by atoms with Gasteiger partial charge in [0, 0.05) is 49.4 Å². The van der Waals surface area contributed by atoms with E-state index in [0.29, 0.717) is 49.4 Å². The van der Waals surface area contributed by atoms with Crippen LogP contribution in [-0.2, 0) is 22.6 Å². The van der Waals surface area contributed by atoms with Crippen LogP contribution in [0.3, 0.4) is 0 Å². The fourth-order valence-electron chi connectivity index (χ4n) is 5.08. The second kappa shape index (κ2) is 11.6. The largest absolute Gasteiger partial charge is 0.497 e. The van der Waals surface area contributed by atoms with Crippen molar-refractivity contribution in [2.45, 2.75) is 39.7 Å². The maximum absolute atomic E-state index is 12.9. The van der Waals surface area contributed by atoms with E-state index in [1.54, 1.807) is 21.3 Å². The first-order chi connectivity index (χ1) is 17.9. The number of amides is 1. The molecule has 0 spiro atoms. The molecule has 1 fully saturated rings. The van der Waals surface area contributed by atoms with Gasteiger partial charge in [0.05, 0.1) is 21.3 Å². The number of anilines is 1. The predicted molar refractivity (Wildman–Crippen MR) is 142 cm³/mol. The third-order valence-electron chi connectivity index (χ3n) is 7.29. The van der Waals surface area contributed by atoms with E-state index in [2.05, 4.69) is 23.1 Å².